The number of pyridine rings is 1. The van der Waals surface area contributed by atoms with Gasteiger partial charge in [-0.2, -0.15) is 13.2 Å². The predicted molar refractivity (Wildman–Crippen MR) is 84.4 cm³/mol. The van der Waals surface area contributed by atoms with Gasteiger partial charge in [0, 0.05) is 18.2 Å². The average molecular weight is 365 g/mol. The first kappa shape index (κ1) is 17.0. The monoisotopic (exact) mass is 364 g/mol. The van der Waals surface area contributed by atoms with Crippen LogP contribution in [0.1, 0.15) is 22.4 Å². The third kappa shape index (κ3) is 3.69. The lowest BCUT2D eigenvalue weighted by Gasteiger charge is -2.11. The van der Waals surface area contributed by atoms with Gasteiger partial charge < -0.3 is 5.73 Å². The molecule has 0 atom stereocenters. The largest absolute Gasteiger partial charge is 0.417 e. The van der Waals surface area contributed by atoms with Crippen molar-refractivity contribution in [3.05, 3.63) is 62.9 Å². The Labute approximate surface area is 140 Å². The fourth-order valence-corrected chi connectivity index (χ4v) is 2.59. The molecule has 0 radical (unpaired) electrons. The van der Waals surface area contributed by atoms with Crippen molar-refractivity contribution in [2.24, 2.45) is 5.73 Å². The highest BCUT2D eigenvalue weighted by Gasteiger charge is 2.31. The summed E-state index contributed by atoms with van der Waals surface area (Å²) < 4.78 is 37.8. The minimum Gasteiger partial charge on any atom is -0.389 e. The first-order valence-corrected chi connectivity index (χ1v) is 7.15. The van der Waals surface area contributed by atoms with Gasteiger partial charge >= 0.3 is 6.18 Å². The van der Waals surface area contributed by atoms with Crippen LogP contribution in [0.2, 0.25) is 10.0 Å². The molecule has 0 spiro atoms. The van der Waals surface area contributed by atoms with Gasteiger partial charge in [0.25, 0.3) is 0 Å². The van der Waals surface area contributed by atoms with E-state index >= 15 is 0 Å². The number of alkyl halides is 3. The van der Waals surface area contributed by atoms with Crippen LogP contribution in [0.15, 0.2) is 30.5 Å². The van der Waals surface area contributed by atoms with E-state index in [1.165, 1.54) is 0 Å². The molecule has 0 aliphatic rings. The standard InChI is InChI=1S/C14H9Cl2F3N2S/c15-10-5-8(14(17,18)19)6-21-11(10)4-7-2-1-3-9(12(7)16)13(20)22/h1-3,5-6H,4H2,(H2,20,22). The number of nitrogens with zero attached hydrogens (tertiary/aromatic N) is 1. The average Bonchev–Trinajstić information content (AvgIpc) is 2.41. The normalized spacial score (nSPS) is 11.5. The zero-order valence-corrected chi connectivity index (χ0v) is 13.2. The molecule has 1 aromatic carbocycles. The number of benzene rings is 1. The molecule has 116 valence electrons. The Bertz CT molecular complexity index is 733. The summed E-state index contributed by atoms with van der Waals surface area (Å²) in [4.78, 5) is 3.92. The highest BCUT2D eigenvalue weighted by molar-refractivity contribution is 7.80. The van der Waals surface area contributed by atoms with Crippen molar-refractivity contribution in [1.29, 1.82) is 0 Å². The van der Waals surface area contributed by atoms with E-state index in [9.17, 15) is 13.2 Å². The molecule has 8 heteroatoms. The quantitative estimate of drug-likeness (QED) is 0.806. The van der Waals surface area contributed by atoms with E-state index < -0.39 is 11.7 Å². The molecule has 22 heavy (non-hydrogen) atoms. The van der Waals surface area contributed by atoms with Crippen molar-refractivity contribution in [3.8, 4) is 0 Å². The van der Waals surface area contributed by atoms with Crippen LogP contribution in [0.25, 0.3) is 0 Å². The van der Waals surface area contributed by atoms with Gasteiger partial charge in [0.1, 0.15) is 4.99 Å². The lowest BCUT2D eigenvalue weighted by molar-refractivity contribution is -0.137. The highest BCUT2D eigenvalue weighted by atomic mass is 35.5. The van der Waals surface area contributed by atoms with Gasteiger partial charge in [-0.25, -0.2) is 0 Å². The summed E-state index contributed by atoms with van der Waals surface area (Å²) in [5.74, 6) is 0. The fraction of sp³-hybridized carbons (Fsp3) is 0.143. The van der Waals surface area contributed by atoms with E-state index in [2.05, 4.69) is 4.98 Å². The first-order chi connectivity index (χ1) is 10.2. The molecule has 0 fully saturated rings. The Morgan fingerprint density at radius 1 is 1.27 bits per heavy atom. The molecule has 0 saturated heterocycles. The van der Waals surface area contributed by atoms with Crippen LogP contribution in [0.5, 0.6) is 0 Å². The summed E-state index contributed by atoms with van der Waals surface area (Å²) in [7, 11) is 0. The molecular weight excluding hydrogens is 356 g/mol. The zero-order chi connectivity index (χ0) is 16.5. The molecule has 2 aromatic rings. The van der Waals surface area contributed by atoms with Gasteiger partial charge in [-0.15, -0.1) is 0 Å². The molecule has 2 nitrogen and oxygen atoms in total. The third-order valence-corrected chi connectivity index (χ3v) is 3.94. The molecule has 0 aliphatic carbocycles. The zero-order valence-electron chi connectivity index (χ0n) is 10.9. The van der Waals surface area contributed by atoms with Gasteiger partial charge in [-0.05, 0) is 11.6 Å². The summed E-state index contributed by atoms with van der Waals surface area (Å²) >= 11 is 17.0. The molecule has 1 heterocycles. The molecule has 2 rings (SSSR count). The van der Waals surface area contributed by atoms with Crippen LogP contribution >= 0.6 is 35.4 Å². The number of nitrogens with two attached hydrogens (primary N) is 1. The fourth-order valence-electron chi connectivity index (χ4n) is 1.84. The Morgan fingerprint density at radius 2 is 1.95 bits per heavy atom. The Morgan fingerprint density at radius 3 is 2.50 bits per heavy atom. The number of aromatic nitrogens is 1. The second-order valence-electron chi connectivity index (χ2n) is 4.47. The molecule has 0 amide bonds. The summed E-state index contributed by atoms with van der Waals surface area (Å²) in [6.45, 7) is 0. The summed E-state index contributed by atoms with van der Waals surface area (Å²) in [5, 5.41) is 0.263. The van der Waals surface area contributed by atoms with E-state index in [1.54, 1.807) is 18.2 Å². The van der Waals surface area contributed by atoms with E-state index in [4.69, 9.17) is 41.2 Å². The Balaban J connectivity index is 2.36. The molecule has 0 aliphatic heterocycles. The number of rotatable bonds is 3. The van der Waals surface area contributed by atoms with Crippen molar-refractivity contribution in [2.75, 3.05) is 0 Å². The maximum atomic E-state index is 12.6. The number of thiocarbonyl (C=S) groups is 1. The molecule has 2 N–H and O–H groups in total. The van der Waals surface area contributed by atoms with Crippen LogP contribution in [0.3, 0.4) is 0 Å². The van der Waals surface area contributed by atoms with Gasteiger partial charge in [-0.3, -0.25) is 4.98 Å². The third-order valence-electron chi connectivity index (χ3n) is 2.95. The molecular formula is C14H9Cl2F3N2S. The van der Waals surface area contributed by atoms with Crippen LogP contribution < -0.4 is 5.73 Å². The predicted octanol–water partition coefficient (Wildman–Crippen LogP) is 4.63. The van der Waals surface area contributed by atoms with Crippen molar-refractivity contribution in [3.63, 3.8) is 0 Å². The van der Waals surface area contributed by atoms with Crippen molar-refractivity contribution in [2.45, 2.75) is 12.6 Å². The van der Waals surface area contributed by atoms with Gasteiger partial charge in [-0.1, -0.05) is 53.6 Å². The second-order valence-corrected chi connectivity index (χ2v) is 5.69. The van der Waals surface area contributed by atoms with Crippen LogP contribution in [0, 0.1) is 0 Å². The van der Waals surface area contributed by atoms with Gasteiger partial charge in [0.05, 0.1) is 21.3 Å². The minimum absolute atomic E-state index is 0.0772. The second kappa shape index (κ2) is 6.40. The Kier molecular flexibility index (Phi) is 4.94. The van der Waals surface area contributed by atoms with Gasteiger partial charge in [0.15, 0.2) is 0 Å². The topological polar surface area (TPSA) is 38.9 Å². The summed E-state index contributed by atoms with van der Waals surface area (Å²) in [6, 6.07) is 5.92. The summed E-state index contributed by atoms with van der Waals surface area (Å²) in [6.07, 6.45) is -3.57. The smallest absolute Gasteiger partial charge is 0.389 e. The first-order valence-electron chi connectivity index (χ1n) is 5.99. The van der Waals surface area contributed by atoms with E-state index in [1.807, 2.05) is 0 Å². The number of hydrogen-bond acceptors (Lipinski definition) is 2. The lowest BCUT2D eigenvalue weighted by atomic mass is 10.1. The van der Waals surface area contributed by atoms with Crippen LogP contribution in [-0.2, 0) is 12.6 Å². The highest BCUT2D eigenvalue weighted by Crippen LogP contribution is 2.32. The maximum Gasteiger partial charge on any atom is 0.417 e. The summed E-state index contributed by atoms with van der Waals surface area (Å²) in [5.41, 5.74) is 6.07. The van der Waals surface area contributed by atoms with E-state index in [-0.39, 0.29) is 22.1 Å². The lowest BCUT2D eigenvalue weighted by Crippen LogP contribution is -2.11. The van der Waals surface area contributed by atoms with Crippen molar-refractivity contribution >= 4 is 40.4 Å². The minimum atomic E-state index is -4.49. The number of halogens is 5. The molecule has 0 saturated carbocycles. The molecule has 1 aromatic heterocycles. The van der Waals surface area contributed by atoms with Gasteiger partial charge in [0.2, 0.25) is 0 Å². The maximum absolute atomic E-state index is 12.6. The Hall–Kier alpha value is -1.37. The number of hydrogen-bond donors (Lipinski definition) is 1. The van der Waals surface area contributed by atoms with Crippen LogP contribution in [0.4, 0.5) is 13.2 Å². The molecule has 0 unspecified atom stereocenters. The van der Waals surface area contributed by atoms with Crippen molar-refractivity contribution in [1.82, 2.24) is 4.98 Å². The SMILES string of the molecule is NC(=S)c1cccc(Cc2ncc(C(F)(F)F)cc2Cl)c1Cl. The van der Waals surface area contributed by atoms with E-state index in [0.29, 0.717) is 16.1 Å². The van der Waals surface area contributed by atoms with Crippen LogP contribution in [-0.4, -0.2) is 9.97 Å². The van der Waals surface area contributed by atoms with E-state index in [0.717, 1.165) is 12.3 Å². The van der Waals surface area contributed by atoms with Crippen molar-refractivity contribution < 1.29 is 13.2 Å². The molecule has 0 bridgehead atoms.